The van der Waals surface area contributed by atoms with Crippen molar-refractivity contribution in [2.24, 2.45) is 0 Å². The van der Waals surface area contributed by atoms with Crippen LogP contribution >= 0.6 is 0 Å². The zero-order valence-electron chi connectivity index (χ0n) is 18.3. The summed E-state index contributed by atoms with van der Waals surface area (Å²) in [6.07, 6.45) is 17.2. The van der Waals surface area contributed by atoms with Gasteiger partial charge >= 0.3 is 51.4 Å². The number of rotatable bonds is 19. The van der Waals surface area contributed by atoms with Gasteiger partial charge in [0, 0.05) is 5.25 Å². The minimum Gasteiger partial charge on any atom is -0.748 e. The molecule has 0 aliphatic carbocycles. The van der Waals surface area contributed by atoms with Crippen molar-refractivity contribution in [3.05, 3.63) is 0 Å². The van der Waals surface area contributed by atoms with Gasteiger partial charge in [0.2, 0.25) is 0 Å². The SMILES string of the molecule is CCCCCCCCCCCCCCC(CCCC(O)CC)S(=O)(=O)[O-].[K+]. The molecule has 0 amide bonds. The molecule has 0 saturated carbocycles. The van der Waals surface area contributed by atoms with Crippen molar-refractivity contribution >= 4 is 10.1 Å². The summed E-state index contributed by atoms with van der Waals surface area (Å²) in [6.45, 7) is 4.14. The zero-order chi connectivity index (χ0) is 19.7. The van der Waals surface area contributed by atoms with Crippen LogP contribution in [0.2, 0.25) is 0 Å². The van der Waals surface area contributed by atoms with E-state index < -0.39 is 15.4 Å². The Labute approximate surface area is 211 Å². The van der Waals surface area contributed by atoms with Crippen molar-refractivity contribution in [2.75, 3.05) is 0 Å². The second-order valence-corrected chi connectivity index (χ2v) is 9.44. The fourth-order valence-electron chi connectivity index (χ4n) is 3.43. The van der Waals surface area contributed by atoms with Crippen LogP contribution in [0.3, 0.4) is 0 Å². The maximum Gasteiger partial charge on any atom is 1.00 e. The van der Waals surface area contributed by atoms with E-state index in [2.05, 4.69) is 6.92 Å². The van der Waals surface area contributed by atoms with Crippen molar-refractivity contribution in [2.45, 2.75) is 134 Å². The number of hydrogen-bond acceptors (Lipinski definition) is 4. The van der Waals surface area contributed by atoms with E-state index in [1.807, 2.05) is 6.92 Å². The predicted molar refractivity (Wildman–Crippen MR) is 109 cm³/mol. The first kappa shape index (κ1) is 30.7. The van der Waals surface area contributed by atoms with Crippen molar-refractivity contribution in [3.8, 4) is 0 Å². The number of aliphatic hydroxyl groups is 1. The van der Waals surface area contributed by atoms with Gasteiger partial charge in [-0.1, -0.05) is 90.9 Å². The first-order valence-corrected chi connectivity index (χ1v) is 12.5. The molecule has 0 saturated heterocycles. The molecule has 0 rings (SSSR count). The summed E-state index contributed by atoms with van der Waals surface area (Å²) in [5.41, 5.74) is 0. The Kier molecular flexibility index (Phi) is 23.6. The Balaban J connectivity index is 0. The molecule has 0 radical (unpaired) electrons. The van der Waals surface area contributed by atoms with E-state index in [9.17, 15) is 18.1 Å². The zero-order valence-corrected chi connectivity index (χ0v) is 22.2. The molecular formula is C21H43KO4S. The van der Waals surface area contributed by atoms with Crippen molar-refractivity contribution in [1.29, 1.82) is 0 Å². The van der Waals surface area contributed by atoms with Crippen molar-refractivity contribution in [1.82, 2.24) is 0 Å². The summed E-state index contributed by atoms with van der Waals surface area (Å²) in [7, 11) is -4.22. The molecule has 0 spiro atoms. The van der Waals surface area contributed by atoms with Crippen molar-refractivity contribution in [3.63, 3.8) is 0 Å². The van der Waals surface area contributed by atoms with Gasteiger partial charge in [-0.2, -0.15) is 0 Å². The number of unbranched alkanes of at least 4 members (excludes halogenated alkanes) is 11. The third-order valence-electron chi connectivity index (χ3n) is 5.32. The van der Waals surface area contributed by atoms with E-state index in [1.54, 1.807) is 0 Å². The predicted octanol–water partition coefficient (Wildman–Crippen LogP) is 2.94. The van der Waals surface area contributed by atoms with Crippen LogP contribution < -0.4 is 51.4 Å². The molecule has 4 nitrogen and oxygen atoms in total. The second-order valence-electron chi connectivity index (χ2n) is 7.79. The molecule has 27 heavy (non-hydrogen) atoms. The van der Waals surface area contributed by atoms with Crippen LogP contribution in [0.4, 0.5) is 0 Å². The van der Waals surface area contributed by atoms with Crippen LogP contribution in [0.15, 0.2) is 0 Å². The van der Waals surface area contributed by atoms with Gasteiger partial charge in [-0.15, -0.1) is 0 Å². The average molecular weight is 431 g/mol. The Morgan fingerprint density at radius 2 is 1.11 bits per heavy atom. The Morgan fingerprint density at radius 1 is 0.704 bits per heavy atom. The van der Waals surface area contributed by atoms with E-state index in [0.29, 0.717) is 32.1 Å². The topological polar surface area (TPSA) is 77.4 Å². The van der Waals surface area contributed by atoms with Crippen LogP contribution in [0.5, 0.6) is 0 Å². The molecule has 0 aromatic heterocycles. The quantitative estimate of drug-likeness (QED) is 0.194. The van der Waals surface area contributed by atoms with Gasteiger partial charge in [0.1, 0.15) is 0 Å². The summed E-state index contributed by atoms with van der Waals surface area (Å²) in [5, 5.41) is 8.77. The molecule has 0 heterocycles. The summed E-state index contributed by atoms with van der Waals surface area (Å²) in [4.78, 5) is 0. The van der Waals surface area contributed by atoms with Crippen molar-refractivity contribution < 1.29 is 69.5 Å². The molecule has 0 aromatic rings. The Morgan fingerprint density at radius 3 is 1.52 bits per heavy atom. The van der Waals surface area contributed by atoms with Crippen LogP contribution in [0, 0.1) is 0 Å². The monoisotopic (exact) mass is 430 g/mol. The first-order chi connectivity index (χ1) is 12.4. The fraction of sp³-hybridized carbons (Fsp3) is 1.00. The summed E-state index contributed by atoms with van der Waals surface area (Å²) in [5.74, 6) is 0. The third-order valence-corrected chi connectivity index (χ3v) is 6.61. The normalized spacial score (nSPS) is 13.9. The van der Waals surface area contributed by atoms with E-state index >= 15 is 0 Å². The summed E-state index contributed by atoms with van der Waals surface area (Å²) < 4.78 is 34.2. The molecule has 2 atom stereocenters. The van der Waals surface area contributed by atoms with E-state index in [4.69, 9.17) is 0 Å². The maximum absolute atomic E-state index is 11.4. The van der Waals surface area contributed by atoms with E-state index in [1.165, 1.54) is 57.8 Å². The molecule has 158 valence electrons. The van der Waals surface area contributed by atoms with Crippen LogP contribution in [-0.4, -0.2) is 29.4 Å². The molecule has 2 unspecified atom stereocenters. The molecule has 0 aromatic carbocycles. The molecule has 0 aliphatic heterocycles. The molecule has 6 heteroatoms. The van der Waals surface area contributed by atoms with Gasteiger partial charge in [-0.3, -0.25) is 0 Å². The van der Waals surface area contributed by atoms with Crippen LogP contribution in [-0.2, 0) is 10.1 Å². The molecule has 0 fully saturated rings. The molecule has 1 N–H and O–H groups in total. The average Bonchev–Trinajstić information content (AvgIpc) is 2.59. The van der Waals surface area contributed by atoms with Gasteiger partial charge in [0.25, 0.3) is 0 Å². The fourth-order valence-corrected chi connectivity index (χ4v) is 4.34. The van der Waals surface area contributed by atoms with Gasteiger partial charge in [-0.25, -0.2) is 8.42 Å². The Bertz CT molecular complexity index is 401. The van der Waals surface area contributed by atoms with E-state index in [-0.39, 0.29) is 57.5 Å². The maximum atomic E-state index is 11.4. The van der Waals surface area contributed by atoms with Gasteiger partial charge in [0.15, 0.2) is 0 Å². The van der Waals surface area contributed by atoms with Crippen LogP contribution in [0.25, 0.3) is 0 Å². The molecule has 0 bridgehead atoms. The van der Waals surface area contributed by atoms with Gasteiger partial charge in [0.05, 0.1) is 16.2 Å². The standard InChI is InChI=1S/C21H44O4S.K/c1-3-5-6-7-8-9-10-11-12-13-14-15-18-21(26(23,24)25)19-16-17-20(22)4-2;/h20-22H,3-19H2,1-2H3,(H,23,24,25);/q;+1/p-1. The molecular weight excluding hydrogens is 387 g/mol. The summed E-state index contributed by atoms with van der Waals surface area (Å²) >= 11 is 0. The largest absolute Gasteiger partial charge is 1.00 e. The summed E-state index contributed by atoms with van der Waals surface area (Å²) in [6, 6.07) is 0. The number of hydrogen-bond donors (Lipinski definition) is 1. The minimum absolute atomic E-state index is 0. The Hall–Kier alpha value is 1.51. The number of aliphatic hydroxyl groups excluding tert-OH is 1. The third kappa shape index (κ3) is 20.6. The molecule has 0 aliphatic rings. The van der Waals surface area contributed by atoms with E-state index in [0.717, 1.165) is 19.3 Å². The smallest absolute Gasteiger partial charge is 0.748 e. The van der Waals surface area contributed by atoms with Gasteiger partial charge < -0.3 is 9.66 Å². The first-order valence-electron chi connectivity index (χ1n) is 11.0. The van der Waals surface area contributed by atoms with Crippen LogP contribution in [0.1, 0.15) is 123 Å². The second kappa shape index (κ2) is 20.8. The van der Waals surface area contributed by atoms with Gasteiger partial charge in [-0.05, 0) is 32.1 Å². The minimum atomic E-state index is -4.22.